The Labute approximate surface area is 110 Å². The van der Waals surface area contributed by atoms with Crippen molar-refractivity contribution in [3.63, 3.8) is 0 Å². The third kappa shape index (κ3) is 2.60. The van der Waals surface area contributed by atoms with Crippen LogP contribution >= 0.6 is 23.1 Å². The lowest BCUT2D eigenvalue weighted by molar-refractivity contribution is 0.0912. The lowest BCUT2D eigenvalue weighted by Gasteiger charge is -2.27. The van der Waals surface area contributed by atoms with E-state index in [9.17, 15) is 4.79 Å². The van der Waals surface area contributed by atoms with Crippen molar-refractivity contribution in [2.75, 3.05) is 5.88 Å². The maximum Gasteiger partial charge on any atom is 0.265 e. The van der Waals surface area contributed by atoms with Crippen LogP contribution in [0.15, 0.2) is 0 Å². The van der Waals surface area contributed by atoms with Gasteiger partial charge in [-0.25, -0.2) is 0 Å². The van der Waals surface area contributed by atoms with Gasteiger partial charge in [0.2, 0.25) is 0 Å². The van der Waals surface area contributed by atoms with Crippen LogP contribution < -0.4 is 5.32 Å². The molecule has 1 aromatic heterocycles. The number of alkyl halides is 1. The molecule has 0 spiro atoms. The fourth-order valence-electron chi connectivity index (χ4n) is 2.25. The van der Waals surface area contributed by atoms with Gasteiger partial charge in [0.1, 0.15) is 4.88 Å². The molecule has 2 rings (SSSR count). The predicted octanol–water partition coefficient (Wildman–Crippen LogP) is 2.38. The highest BCUT2D eigenvalue weighted by Crippen LogP contribution is 2.31. The Hall–Kier alpha value is -0.680. The highest BCUT2D eigenvalue weighted by molar-refractivity contribution is 7.08. The van der Waals surface area contributed by atoms with E-state index >= 15 is 0 Å². The summed E-state index contributed by atoms with van der Waals surface area (Å²) in [6.45, 7) is 1.97. The molecule has 0 saturated heterocycles. The smallest absolute Gasteiger partial charge is 0.265 e. The highest BCUT2D eigenvalue weighted by atomic mass is 35.5. The molecule has 1 fully saturated rings. The van der Waals surface area contributed by atoms with Crippen LogP contribution in [0.25, 0.3) is 0 Å². The summed E-state index contributed by atoms with van der Waals surface area (Å²) in [5.41, 5.74) is 0.559. The van der Waals surface area contributed by atoms with Gasteiger partial charge in [-0.05, 0) is 30.8 Å². The summed E-state index contributed by atoms with van der Waals surface area (Å²) < 4.78 is 3.84. The molecular weight excluding hydrogens is 258 g/mol. The lowest BCUT2D eigenvalue weighted by Crippen LogP contribution is -2.47. The fourth-order valence-corrected chi connectivity index (χ4v) is 3.23. The van der Waals surface area contributed by atoms with E-state index in [2.05, 4.69) is 14.9 Å². The first-order valence-corrected chi connectivity index (χ1v) is 7.21. The van der Waals surface area contributed by atoms with Gasteiger partial charge in [-0.3, -0.25) is 4.79 Å². The van der Waals surface area contributed by atoms with Gasteiger partial charge in [-0.2, -0.15) is 0 Å². The molecule has 1 saturated carbocycles. The molecule has 0 aliphatic heterocycles. The summed E-state index contributed by atoms with van der Waals surface area (Å²) in [6.07, 6.45) is 4.93. The number of nitrogens with zero attached hydrogens (tertiary/aromatic N) is 2. The first kappa shape index (κ1) is 12.8. The minimum absolute atomic E-state index is 0.0700. The maximum atomic E-state index is 12.2. The van der Waals surface area contributed by atoms with Gasteiger partial charge in [-0.1, -0.05) is 24.3 Å². The molecule has 1 aliphatic rings. The van der Waals surface area contributed by atoms with E-state index in [4.69, 9.17) is 11.6 Å². The molecule has 1 N–H and O–H groups in total. The van der Waals surface area contributed by atoms with Crippen molar-refractivity contribution in [2.45, 2.75) is 44.6 Å². The van der Waals surface area contributed by atoms with Crippen LogP contribution in [0.5, 0.6) is 0 Å². The van der Waals surface area contributed by atoms with Crippen LogP contribution in [0.1, 0.15) is 48.0 Å². The number of nitrogens with one attached hydrogen (secondary N) is 1. The first-order chi connectivity index (χ1) is 8.21. The average Bonchev–Trinajstić information content (AvgIpc) is 2.97. The molecule has 1 heterocycles. The van der Waals surface area contributed by atoms with Crippen molar-refractivity contribution in [3.8, 4) is 0 Å². The molecule has 0 unspecified atom stereocenters. The van der Waals surface area contributed by atoms with E-state index in [-0.39, 0.29) is 11.4 Å². The zero-order valence-electron chi connectivity index (χ0n) is 9.83. The second-order valence-corrected chi connectivity index (χ2v) is 5.50. The summed E-state index contributed by atoms with van der Waals surface area (Å²) >= 11 is 7.16. The summed E-state index contributed by atoms with van der Waals surface area (Å²) in [5, 5.41) is 7.03. The Kier molecular flexibility index (Phi) is 3.99. The number of aryl methyl sites for hydroxylation is 1. The molecule has 0 radical (unpaired) electrons. The van der Waals surface area contributed by atoms with Crippen molar-refractivity contribution < 1.29 is 4.79 Å². The van der Waals surface area contributed by atoms with Crippen molar-refractivity contribution in [1.82, 2.24) is 14.9 Å². The standard InChI is InChI=1S/C11H16ClN3OS/c1-2-8-9(17-15-14-8)10(16)13-11(7-12)5-3-4-6-11/h2-7H2,1H3,(H,13,16). The Morgan fingerprint density at radius 1 is 1.53 bits per heavy atom. The molecule has 1 amide bonds. The van der Waals surface area contributed by atoms with Gasteiger partial charge in [0.25, 0.3) is 5.91 Å². The van der Waals surface area contributed by atoms with Gasteiger partial charge >= 0.3 is 0 Å². The second kappa shape index (κ2) is 5.31. The summed E-state index contributed by atoms with van der Waals surface area (Å²) in [5.74, 6) is 0.409. The van der Waals surface area contributed by atoms with Gasteiger partial charge < -0.3 is 5.32 Å². The monoisotopic (exact) mass is 273 g/mol. The summed E-state index contributed by atoms with van der Waals surface area (Å²) in [4.78, 5) is 12.8. The quantitative estimate of drug-likeness (QED) is 0.857. The van der Waals surface area contributed by atoms with E-state index in [1.54, 1.807) is 0 Å². The summed E-state index contributed by atoms with van der Waals surface area (Å²) in [6, 6.07) is 0. The molecule has 6 heteroatoms. The first-order valence-electron chi connectivity index (χ1n) is 5.90. The Morgan fingerprint density at radius 3 is 2.82 bits per heavy atom. The van der Waals surface area contributed by atoms with Crippen LogP contribution in [0.4, 0.5) is 0 Å². The second-order valence-electron chi connectivity index (χ2n) is 4.48. The maximum absolute atomic E-state index is 12.2. The van der Waals surface area contributed by atoms with Gasteiger partial charge in [0.15, 0.2) is 0 Å². The predicted molar refractivity (Wildman–Crippen MR) is 68.7 cm³/mol. The molecule has 17 heavy (non-hydrogen) atoms. The van der Waals surface area contributed by atoms with Crippen molar-refractivity contribution in [1.29, 1.82) is 0 Å². The normalized spacial score (nSPS) is 18.2. The molecule has 94 valence electrons. The lowest BCUT2D eigenvalue weighted by atomic mass is 10.0. The Bertz CT molecular complexity index is 401. The Morgan fingerprint density at radius 2 is 2.24 bits per heavy atom. The molecule has 0 bridgehead atoms. The third-order valence-corrected chi connectivity index (χ3v) is 4.57. The molecule has 1 aromatic rings. The molecular formula is C11H16ClN3OS. The van der Waals surface area contributed by atoms with E-state index < -0.39 is 0 Å². The summed E-state index contributed by atoms with van der Waals surface area (Å²) in [7, 11) is 0. The fraction of sp³-hybridized carbons (Fsp3) is 0.727. The van der Waals surface area contributed by atoms with Crippen LogP contribution in [-0.2, 0) is 6.42 Å². The van der Waals surface area contributed by atoms with Gasteiger partial charge in [0, 0.05) is 5.88 Å². The van der Waals surface area contributed by atoms with E-state index in [1.807, 2.05) is 6.92 Å². The Balaban J connectivity index is 2.11. The molecule has 4 nitrogen and oxygen atoms in total. The number of hydrogen-bond donors (Lipinski definition) is 1. The number of hydrogen-bond acceptors (Lipinski definition) is 4. The number of halogens is 1. The van der Waals surface area contributed by atoms with Gasteiger partial charge in [0.05, 0.1) is 11.2 Å². The number of amides is 1. The number of carbonyl (C=O) groups excluding carboxylic acids is 1. The third-order valence-electron chi connectivity index (χ3n) is 3.29. The number of rotatable bonds is 4. The topological polar surface area (TPSA) is 54.9 Å². The van der Waals surface area contributed by atoms with Crippen LogP contribution in [0.3, 0.4) is 0 Å². The average molecular weight is 274 g/mol. The highest BCUT2D eigenvalue weighted by Gasteiger charge is 2.35. The van der Waals surface area contributed by atoms with Crippen LogP contribution in [0, 0.1) is 0 Å². The van der Waals surface area contributed by atoms with Crippen LogP contribution in [0.2, 0.25) is 0 Å². The number of carbonyl (C=O) groups is 1. The zero-order chi connectivity index (χ0) is 12.3. The van der Waals surface area contributed by atoms with Crippen LogP contribution in [-0.4, -0.2) is 26.9 Å². The zero-order valence-corrected chi connectivity index (χ0v) is 11.4. The van der Waals surface area contributed by atoms with E-state index in [0.29, 0.717) is 10.8 Å². The minimum Gasteiger partial charge on any atom is -0.345 e. The van der Waals surface area contributed by atoms with Crippen molar-refractivity contribution in [3.05, 3.63) is 10.6 Å². The van der Waals surface area contributed by atoms with Crippen molar-refractivity contribution in [2.24, 2.45) is 0 Å². The molecule has 0 atom stereocenters. The minimum atomic E-state index is -0.215. The largest absolute Gasteiger partial charge is 0.345 e. The SMILES string of the molecule is CCc1nnsc1C(=O)NC1(CCl)CCCC1. The molecule has 0 aromatic carbocycles. The molecule has 1 aliphatic carbocycles. The number of aromatic nitrogens is 2. The van der Waals surface area contributed by atoms with E-state index in [1.165, 1.54) is 0 Å². The van der Waals surface area contributed by atoms with Gasteiger partial charge in [-0.15, -0.1) is 16.7 Å². The van der Waals surface area contributed by atoms with E-state index in [0.717, 1.165) is 49.3 Å². The van der Waals surface area contributed by atoms with Crippen molar-refractivity contribution >= 4 is 29.0 Å².